The van der Waals surface area contributed by atoms with Gasteiger partial charge in [-0.15, -0.1) is 0 Å². The van der Waals surface area contributed by atoms with Gasteiger partial charge in [0.05, 0.1) is 22.7 Å². The Kier molecular flexibility index (Phi) is 5.67. The summed E-state index contributed by atoms with van der Waals surface area (Å²) in [6.07, 6.45) is 3.69. The second-order valence-electron chi connectivity index (χ2n) is 6.28. The smallest absolute Gasteiger partial charge is 0.246 e. The predicted octanol–water partition coefficient (Wildman–Crippen LogP) is 2.85. The van der Waals surface area contributed by atoms with Crippen LogP contribution >= 0.6 is 23.2 Å². The van der Waals surface area contributed by atoms with Gasteiger partial charge in [0.2, 0.25) is 11.8 Å². The molecule has 0 saturated carbocycles. The van der Waals surface area contributed by atoms with Crippen LogP contribution in [0, 0.1) is 0 Å². The van der Waals surface area contributed by atoms with E-state index in [0.29, 0.717) is 42.7 Å². The lowest BCUT2D eigenvalue weighted by atomic mass is 10.2. The minimum absolute atomic E-state index is 0.0642. The van der Waals surface area contributed by atoms with Crippen LogP contribution in [0.1, 0.15) is 18.9 Å². The van der Waals surface area contributed by atoms with Crippen LogP contribution < -0.4 is 0 Å². The lowest BCUT2D eigenvalue weighted by Crippen LogP contribution is -2.43. The van der Waals surface area contributed by atoms with Gasteiger partial charge in [0.25, 0.3) is 0 Å². The lowest BCUT2D eigenvalue weighted by Gasteiger charge is -2.27. The van der Waals surface area contributed by atoms with Gasteiger partial charge in [-0.25, -0.2) is 0 Å². The van der Waals surface area contributed by atoms with E-state index < -0.39 is 0 Å². The van der Waals surface area contributed by atoms with E-state index in [9.17, 15) is 9.59 Å². The molecule has 7 heteroatoms. The topological polar surface area (TPSA) is 53.1 Å². The van der Waals surface area contributed by atoms with Gasteiger partial charge in [-0.1, -0.05) is 29.3 Å². The highest BCUT2D eigenvalue weighted by Crippen LogP contribution is 2.23. The molecule has 2 aliphatic heterocycles. The van der Waals surface area contributed by atoms with Crippen molar-refractivity contribution in [3.63, 3.8) is 0 Å². The monoisotopic (exact) mass is 382 g/mol. The first kappa shape index (κ1) is 18.2. The molecule has 0 bridgehead atoms. The van der Waals surface area contributed by atoms with Crippen molar-refractivity contribution in [1.82, 2.24) is 9.80 Å². The highest BCUT2D eigenvalue weighted by molar-refractivity contribution is 6.42. The van der Waals surface area contributed by atoms with Crippen LogP contribution in [0.3, 0.4) is 0 Å². The van der Waals surface area contributed by atoms with E-state index in [2.05, 4.69) is 0 Å². The number of rotatable bonds is 4. The Hall–Kier alpha value is -1.56. The van der Waals surface area contributed by atoms with Gasteiger partial charge in [0.1, 0.15) is 6.10 Å². The number of carbonyl (C=O) groups is 2. The van der Waals surface area contributed by atoms with Crippen LogP contribution in [0.4, 0.5) is 0 Å². The summed E-state index contributed by atoms with van der Waals surface area (Å²) >= 11 is 11.9. The minimum Gasteiger partial charge on any atom is -0.371 e. The highest BCUT2D eigenvalue weighted by Gasteiger charge is 2.36. The lowest BCUT2D eigenvalue weighted by molar-refractivity contribution is -0.132. The minimum atomic E-state index is -0.115. The van der Waals surface area contributed by atoms with Crippen molar-refractivity contribution in [2.75, 3.05) is 26.2 Å². The third kappa shape index (κ3) is 4.54. The number of nitrogens with zero attached hydrogens (tertiary/aromatic N) is 2. The zero-order valence-corrected chi connectivity index (χ0v) is 15.5. The van der Waals surface area contributed by atoms with Crippen LogP contribution in [-0.2, 0) is 14.3 Å². The summed E-state index contributed by atoms with van der Waals surface area (Å²) < 4.78 is 5.29. The molecule has 0 N–H and O–H groups in total. The van der Waals surface area contributed by atoms with E-state index in [4.69, 9.17) is 27.9 Å². The van der Waals surface area contributed by atoms with Gasteiger partial charge in [-0.05, 0) is 30.7 Å². The Morgan fingerprint density at radius 3 is 2.72 bits per heavy atom. The van der Waals surface area contributed by atoms with Crippen molar-refractivity contribution in [2.24, 2.45) is 0 Å². The Labute approximate surface area is 157 Å². The molecule has 2 fully saturated rings. The molecule has 0 aromatic heterocycles. The van der Waals surface area contributed by atoms with E-state index in [0.717, 1.165) is 5.56 Å². The normalized spacial score (nSPS) is 22.2. The van der Waals surface area contributed by atoms with Gasteiger partial charge >= 0.3 is 0 Å². The number of hydrogen-bond acceptors (Lipinski definition) is 3. The summed E-state index contributed by atoms with van der Waals surface area (Å²) in [4.78, 5) is 28.3. The maximum atomic E-state index is 12.4. The summed E-state index contributed by atoms with van der Waals surface area (Å²) in [5, 5.41) is 0.925. The first-order chi connectivity index (χ1) is 12.0. The summed E-state index contributed by atoms with van der Waals surface area (Å²) in [5.74, 6) is -0.0391. The molecular weight excluding hydrogens is 363 g/mol. The highest BCUT2D eigenvalue weighted by atomic mass is 35.5. The van der Waals surface area contributed by atoms with E-state index in [-0.39, 0.29) is 24.0 Å². The standard InChI is InChI=1S/C18H20Cl2N2O3/c1-12(16-11-25-16)22-9-8-21(7-6-18(22)24)17(23)5-3-13-2-4-14(19)15(20)10-13/h2-5,10,12,16H,6-9,11H2,1H3/t12-,16?/m1/s1. The summed E-state index contributed by atoms with van der Waals surface area (Å²) in [6.45, 7) is 4.19. The zero-order valence-electron chi connectivity index (χ0n) is 14.0. The van der Waals surface area contributed by atoms with Crippen molar-refractivity contribution in [1.29, 1.82) is 0 Å². The number of amides is 2. The van der Waals surface area contributed by atoms with Crippen molar-refractivity contribution >= 4 is 41.1 Å². The Morgan fingerprint density at radius 1 is 1.28 bits per heavy atom. The molecule has 0 aliphatic carbocycles. The van der Waals surface area contributed by atoms with Crippen LogP contribution in [0.5, 0.6) is 0 Å². The van der Waals surface area contributed by atoms with Gasteiger partial charge in [-0.2, -0.15) is 0 Å². The second-order valence-corrected chi connectivity index (χ2v) is 7.10. The Morgan fingerprint density at radius 2 is 2.04 bits per heavy atom. The SMILES string of the molecule is C[C@H](C1CO1)N1CCN(C(=O)C=Cc2ccc(Cl)c(Cl)c2)CCC1=O. The number of carbonyl (C=O) groups excluding carboxylic acids is 2. The fourth-order valence-electron chi connectivity index (χ4n) is 2.91. The van der Waals surface area contributed by atoms with E-state index in [1.807, 2.05) is 11.8 Å². The third-order valence-electron chi connectivity index (χ3n) is 4.59. The Balaban J connectivity index is 1.61. The molecule has 2 aliphatic rings. The molecule has 2 atom stereocenters. The molecule has 0 spiro atoms. The van der Waals surface area contributed by atoms with E-state index in [1.54, 1.807) is 29.2 Å². The van der Waals surface area contributed by atoms with Gasteiger partial charge in [-0.3, -0.25) is 9.59 Å². The average molecular weight is 383 g/mol. The summed E-state index contributed by atoms with van der Waals surface area (Å²) in [5.41, 5.74) is 0.801. The maximum absolute atomic E-state index is 12.4. The molecule has 134 valence electrons. The van der Waals surface area contributed by atoms with Crippen LogP contribution in [-0.4, -0.2) is 60.0 Å². The molecule has 5 nitrogen and oxygen atoms in total. The molecule has 2 amide bonds. The zero-order chi connectivity index (χ0) is 18.0. The van der Waals surface area contributed by atoms with Crippen molar-refractivity contribution < 1.29 is 14.3 Å². The fourth-order valence-corrected chi connectivity index (χ4v) is 3.22. The quantitative estimate of drug-likeness (QED) is 0.594. The predicted molar refractivity (Wildman–Crippen MR) is 97.6 cm³/mol. The fraction of sp³-hybridized carbons (Fsp3) is 0.444. The molecule has 2 saturated heterocycles. The third-order valence-corrected chi connectivity index (χ3v) is 5.33. The molecule has 1 aromatic rings. The molecule has 25 heavy (non-hydrogen) atoms. The Bertz CT molecular complexity index is 704. The number of hydrogen-bond donors (Lipinski definition) is 0. The summed E-state index contributed by atoms with van der Waals surface area (Å²) in [7, 11) is 0. The summed E-state index contributed by atoms with van der Waals surface area (Å²) in [6, 6.07) is 5.26. The van der Waals surface area contributed by atoms with Crippen LogP contribution in [0.25, 0.3) is 6.08 Å². The average Bonchev–Trinajstić information content (AvgIpc) is 3.43. The number of halogens is 2. The van der Waals surface area contributed by atoms with Crippen molar-refractivity contribution in [2.45, 2.75) is 25.5 Å². The molecule has 1 unspecified atom stereocenters. The van der Waals surface area contributed by atoms with Crippen molar-refractivity contribution in [3.05, 3.63) is 39.9 Å². The maximum Gasteiger partial charge on any atom is 0.246 e. The van der Waals surface area contributed by atoms with Gasteiger partial charge in [0, 0.05) is 32.1 Å². The molecule has 0 radical (unpaired) electrons. The van der Waals surface area contributed by atoms with Gasteiger partial charge in [0.15, 0.2) is 0 Å². The van der Waals surface area contributed by atoms with E-state index >= 15 is 0 Å². The first-order valence-electron chi connectivity index (χ1n) is 8.29. The molecule has 3 rings (SSSR count). The van der Waals surface area contributed by atoms with Crippen LogP contribution in [0.15, 0.2) is 24.3 Å². The first-order valence-corrected chi connectivity index (χ1v) is 9.04. The van der Waals surface area contributed by atoms with Crippen LogP contribution in [0.2, 0.25) is 10.0 Å². The molecule has 1 aromatic carbocycles. The second kappa shape index (κ2) is 7.77. The van der Waals surface area contributed by atoms with Crippen molar-refractivity contribution in [3.8, 4) is 0 Å². The molecule has 2 heterocycles. The number of epoxide rings is 1. The number of ether oxygens (including phenoxy) is 1. The number of benzene rings is 1. The largest absolute Gasteiger partial charge is 0.371 e. The van der Waals surface area contributed by atoms with E-state index in [1.165, 1.54) is 6.08 Å². The molecular formula is C18H20Cl2N2O3. The van der Waals surface area contributed by atoms with Gasteiger partial charge < -0.3 is 14.5 Å².